The van der Waals surface area contributed by atoms with Gasteiger partial charge in [0.25, 0.3) is 0 Å². The highest BCUT2D eigenvalue weighted by Crippen LogP contribution is 2.27. The van der Waals surface area contributed by atoms with Crippen LogP contribution in [0.15, 0.2) is 66.7 Å². The molecule has 1 unspecified atom stereocenters. The van der Waals surface area contributed by atoms with E-state index in [-0.39, 0.29) is 0 Å². The number of hydrogen-bond acceptors (Lipinski definition) is 1. The summed E-state index contributed by atoms with van der Waals surface area (Å²) >= 11 is 5.99. The van der Waals surface area contributed by atoms with E-state index in [9.17, 15) is 5.11 Å². The van der Waals surface area contributed by atoms with Gasteiger partial charge in [-0.3, -0.25) is 0 Å². The lowest BCUT2D eigenvalue weighted by molar-refractivity contribution is 0.180. The molecule has 0 saturated carbocycles. The maximum Gasteiger partial charge on any atom is 0.0836 e. The minimum atomic E-state index is -0.528. The van der Waals surface area contributed by atoms with Crippen molar-refractivity contribution in [2.24, 2.45) is 0 Å². The summed E-state index contributed by atoms with van der Waals surface area (Å²) < 4.78 is 0. The summed E-state index contributed by atoms with van der Waals surface area (Å²) in [5.41, 5.74) is 2.00. The van der Waals surface area contributed by atoms with Crippen LogP contribution >= 0.6 is 11.6 Å². The summed E-state index contributed by atoms with van der Waals surface area (Å²) in [5.74, 6) is 0. The van der Waals surface area contributed by atoms with Crippen LogP contribution in [0.3, 0.4) is 0 Å². The Labute approximate surface area is 123 Å². The minimum Gasteiger partial charge on any atom is -0.388 e. The SMILES string of the molecule is OC(Cc1cccc(Cl)c1)c1cccc2ccccc12. The van der Waals surface area contributed by atoms with Crippen LogP contribution in [0, 0.1) is 0 Å². The number of rotatable bonds is 3. The third kappa shape index (κ3) is 2.69. The van der Waals surface area contributed by atoms with Gasteiger partial charge in [0.2, 0.25) is 0 Å². The molecule has 3 aromatic rings. The van der Waals surface area contributed by atoms with Gasteiger partial charge in [-0.15, -0.1) is 0 Å². The van der Waals surface area contributed by atoms with E-state index in [1.54, 1.807) is 0 Å². The Morgan fingerprint density at radius 1 is 0.900 bits per heavy atom. The molecule has 3 aromatic carbocycles. The normalized spacial score (nSPS) is 12.5. The van der Waals surface area contributed by atoms with E-state index >= 15 is 0 Å². The Balaban J connectivity index is 1.94. The molecular weight excluding hydrogens is 268 g/mol. The third-order valence-electron chi connectivity index (χ3n) is 3.50. The Kier molecular flexibility index (Phi) is 3.72. The summed E-state index contributed by atoms with van der Waals surface area (Å²) in [7, 11) is 0. The van der Waals surface area contributed by atoms with Crippen LogP contribution < -0.4 is 0 Å². The number of benzene rings is 3. The van der Waals surface area contributed by atoms with Gasteiger partial charge in [0.15, 0.2) is 0 Å². The highest BCUT2D eigenvalue weighted by molar-refractivity contribution is 6.30. The van der Waals surface area contributed by atoms with Gasteiger partial charge in [0.1, 0.15) is 0 Å². The van der Waals surface area contributed by atoms with Crippen molar-refractivity contribution < 1.29 is 5.11 Å². The van der Waals surface area contributed by atoms with E-state index in [0.29, 0.717) is 11.4 Å². The molecule has 0 bridgehead atoms. The molecule has 0 aromatic heterocycles. The monoisotopic (exact) mass is 282 g/mol. The Hall–Kier alpha value is -1.83. The van der Waals surface area contributed by atoms with Crippen LogP contribution in [0.1, 0.15) is 17.2 Å². The van der Waals surface area contributed by atoms with Crippen LogP contribution in [-0.4, -0.2) is 5.11 Å². The molecule has 0 spiro atoms. The quantitative estimate of drug-likeness (QED) is 0.734. The molecule has 0 heterocycles. The molecule has 3 rings (SSSR count). The summed E-state index contributed by atoms with van der Waals surface area (Å²) in [4.78, 5) is 0. The lowest BCUT2D eigenvalue weighted by Gasteiger charge is -2.14. The zero-order chi connectivity index (χ0) is 13.9. The molecule has 0 aliphatic rings. The topological polar surface area (TPSA) is 20.2 Å². The molecule has 1 N–H and O–H groups in total. The Morgan fingerprint density at radius 3 is 2.50 bits per heavy atom. The van der Waals surface area contributed by atoms with E-state index in [0.717, 1.165) is 21.9 Å². The van der Waals surface area contributed by atoms with Gasteiger partial charge >= 0.3 is 0 Å². The average Bonchev–Trinajstić information content (AvgIpc) is 2.46. The lowest BCUT2D eigenvalue weighted by atomic mass is 9.96. The van der Waals surface area contributed by atoms with Crippen LogP contribution in [0.4, 0.5) is 0 Å². The predicted molar refractivity (Wildman–Crippen MR) is 84.1 cm³/mol. The molecule has 1 atom stereocenters. The predicted octanol–water partition coefficient (Wildman–Crippen LogP) is 4.77. The number of aliphatic hydroxyl groups is 1. The number of hydrogen-bond donors (Lipinski definition) is 1. The molecule has 0 aliphatic carbocycles. The van der Waals surface area contributed by atoms with E-state index < -0.39 is 6.10 Å². The van der Waals surface area contributed by atoms with Gasteiger partial charge in [-0.2, -0.15) is 0 Å². The van der Waals surface area contributed by atoms with E-state index in [1.165, 1.54) is 0 Å². The summed E-state index contributed by atoms with van der Waals surface area (Å²) in [6.45, 7) is 0. The van der Waals surface area contributed by atoms with Crippen LogP contribution in [-0.2, 0) is 6.42 Å². The zero-order valence-electron chi connectivity index (χ0n) is 11.0. The van der Waals surface area contributed by atoms with Gasteiger partial charge in [0, 0.05) is 11.4 Å². The molecule has 0 fully saturated rings. The second kappa shape index (κ2) is 5.66. The second-order valence-corrected chi connectivity index (χ2v) is 5.35. The van der Waals surface area contributed by atoms with Gasteiger partial charge < -0.3 is 5.11 Å². The highest BCUT2D eigenvalue weighted by atomic mass is 35.5. The highest BCUT2D eigenvalue weighted by Gasteiger charge is 2.11. The molecule has 0 saturated heterocycles. The minimum absolute atomic E-state index is 0.528. The van der Waals surface area contributed by atoms with Crippen LogP contribution in [0.25, 0.3) is 10.8 Å². The fourth-order valence-electron chi connectivity index (χ4n) is 2.54. The molecule has 100 valence electrons. The largest absolute Gasteiger partial charge is 0.388 e. The van der Waals surface area contributed by atoms with Crippen molar-refractivity contribution in [2.75, 3.05) is 0 Å². The Bertz CT molecular complexity index is 731. The van der Waals surface area contributed by atoms with Gasteiger partial charge in [-0.05, 0) is 34.0 Å². The van der Waals surface area contributed by atoms with Crippen molar-refractivity contribution >= 4 is 22.4 Å². The van der Waals surface area contributed by atoms with E-state index in [4.69, 9.17) is 11.6 Å². The maximum absolute atomic E-state index is 10.5. The molecule has 20 heavy (non-hydrogen) atoms. The fraction of sp³-hybridized carbons (Fsp3) is 0.111. The van der Waals surface area contributed by atoms with Gasteiger partial charge in [-0.25, -0.2) is 0 Å². The van der Waals surface area contributed by atoms with Gasteiger partial charge in [0.05, 0.1) is 6.10 Å². The van der Waals surface area contributed by atoms with Crippen molar-refractivity contribution in [3.63, 3.8) is 0 Å². The average molecular weight is 283 g/mol. The third-order valence-corrected chi connectivity index (χ3v) is 3.74. The van der Waals surface area contributed by atoms with Crippen molar-refractivity contribution in [3.05, 3.63) is 82.9 Å². The van der Waals surface area contributed by atoms with Crippen molar-refractivity contribution in [2.45, 2.75) is 12.5 Å². The maximum atomic E-state index is 10.5. The van der Waals surface area contributed by atoms with Crippen LogP contribution in [0.2, 0.25) is 5.02 Å². The van der Waals surface area contributed by atoms with E-state index in [1.807, 2.05) is 54.6 Å². The summed E-state index contributed by atoms with van der Waals surface area (Å²) in [6.07, 6.45) is 0.0359. The fourth-order valence-corrected chi connectivity index (χ4v) is 2.75. The zero-order valence-corrected chi connectivity index (χ0v) is 11.7. The number of halogens is 1. The first-order valence-corrected chi connectivity index (χ1v) is 7.02. The lowest BCUT2D eigenvalue weighted by Crippen LogP contribution is -2.02. The number of aliphatic hydroxyl groups excluding tert-OH is 1. The number of fused-ring (bicyclic) bond motifs is 1. The first-order chi connectivity index (χ1) is 9.74. The molecule has 0 radical (unpaired) electrons. The molecule has 2 heteroatoms. The first kappa shape index (κ1) is 13.2. The molecule has 0 amide bonds. The van der Waals surface area contributed by atoms with E-state index in [2.05, 4.69) is 12.1 Å². The van der Waals surface area contributed by atoms with Crippen molar-refractivity contribution in [1.29, 1.82) is 0 Å². The summed E-state index contributed by atoms with van der Waals surface area (Å²) in [5, 5.41) is 13.5. The molecule has 0 aliphatic heterocycles. The van der Waals surface area contributed by atoms with Crippen molar-refractivity contribution in [1.82, 2.24) is 0 Å². The Morgan fingerprint density at radius 2 is 1.65 bits per heavy atom. The summed E-state index contributed by atoms with van der Waals surface area (Å²) in [6, 6.07) is 21.8. The first-order valence-electron chi connectivity index (χ1n) is 6.64. The standard InChI is InChI=1S/C18H15ClO/c19-15-8-3-5-13(11-15)12-18(20)17-10-4-7-14-6-1-2-9-16(14)17/h1-11,18,20H,12H2. The van der Waals surface area contributed by atoms with Gasteiger partial charge in [-0.1, -0.05) is 66.2 Å². The molecular formula is C18H15ClO. The smallest absolute Gasteiger partial charge is 0.0836 e. The molecule has 1 nitrogen and oxygen atoms in total. The van der Waals surface area contributed by atoms with Crippen molar-refractivity contribution in [3.8, 4) is 0 Å². The second-order valence-electron chi connectivity index (χ2n) is 4.92. The van der Waals surface area contributed by atoms with Crippen LogP contribution in [0.5, 0.6) is 0 Å².